The molecule has 0 aliphatic rings. The van der Waals surface area contributed by atoms with Crippen molar-refractivity contribution in [2.24, 2.45) is 0 Å². The van der Waals surface area contributed by atoms with Crippen LogP contribution >= 0.6 is 11.6 Å². The zero-order valence-corrected chi connectivity index (χ0v) is 11.6. The van der Waals surface area contributed by atoms with Crippen LogP contribution in [0.3, 0.4) is 0 Å². The van der Waals surface area contributed by atoms with E-state index in [2.05, 4.69) is 24.8 Å². The van der Waals surface area contributed by atoms with Crippen molar-refractivity contribution in [1.29, 1.82) is 0 Å². The van der Waals surface area contributed by atoms with E-state index in [1.54, 1.807) is 0 Å². The molecule has 1 aromatic rings. The summed E-state index contributed by atoms with van der Waals surface area (Å²) in [4.78, 5) is 2.50. The largest absolute Gasteiger partial charge is 0.398 e. The summed E-state index contributed by atoms with van der Waals surface area (Å²) in [5.74, 6) is 0. The molecule has 2 N–H and O–H groups in total. The minimum absolute atomic E-state index is 0.646. The van der Waals surface area contributed by atoms with Crippen LogP contribution in [0, 0.1) is 0 Å². The predicted octanol–water partition coefficient (Wildman–Crippen LogP) is 3.59. The Balaban J connectivity index is 2.49. The van der Waals surface area contributed by atoms with Gasteiger partial charge in [-0.3, -0.25) is 0 Å². The number of hydrogen-bond acceptors (Lipinski definition) is 2. The number of halogens is 1. The van der Waals surface area contributed by atoms with Crippen molar-refractivity contribution in [2.75, 3.05) is 25.4 Å². The van der Waals surface area contributed by atoms with E-state index in [9.17, 15) is 0 Å². The molecule has 0 saturated carbocycles. The molecule has 0 saturated heterocycles. The Morgan fingerprint density at radius 1 is 1.12 bits per heavy atom. The Hall–Kier alpha value is -0.730. The molecule has 96 valence electrons. The Labute approximate surface area is 110 Å². The molecular weight excluding hydrogens is 232 g/mol. The molecule has 0 bridgehead atoms. The van der Waals surface area contributed by atoms with Crippen LogP contribution in [0.15, 0.2) is 18.2 Å². The van der Waals surface area contributed by atoms with Crippen molar-refractivity contribution in [3.8, 4) is 0 Å². The lowest BCUT2D eigenvalue weighted by Crippen LogP contribution is -2.27. The van der Waals surface area contributed by atoms with Gasteiger partial charge in [0, 0.05) is 6.54 Å². The van der Waals surface area contributed by atoms with Crippen molar-refractivity contribution in [3.05, 3.63) is 28.8 Å². The summed E-state index contributed by atoms with van der Waals surface area (Å²) in [6.45, 7) is 7.91. The van der Waals surface area contributed by atoms with Crippen molar-refractivity contribution >= 4 is 17.3 Å². The van der Waals surface area contributed by atoms with E-state index in [0.29, 0.717) is 10.7 Å². The number of rotatable bonds is 7. The summed E-state index contributed by atoms with van der Waals surface area (Å²) >= 11 is 5.91. The molecule has 0 fully saturated rings. The maximum atomic E-state index is 5.91. The maximum absolute atomic E-state index is 5.91. The topological polar surface area (TPSA) is 29.3 Å². The summed E-state index contributed by atoms with van der Waals surface area (Å²) in [7, 11) is 0. The molecule has 0 aliphatic carbocycles. The van der Waals surface area contributed by atoms with E-state index in [-0.39, 0.29) is 0 Å². The van der Waals surface area contributed by atoms with Gasteiger partial charge in [-0.05, 0) is 50.0 Å². The van der Waals surface area contributed by atoms with Crippen LogP contribution < -0.4 is 5.73 Å². The number of anilines is 1. The highest BCUT2D eigenvalue weighted by Gasteiger charge is 2.04. The van der Waals surface area contributed by atoms with Gasteiger partial charge in [-0.25, -0.2) is 0 Å². The Morgan fingerprint density at radius 3 is 2.29 bits per heavy atom. The van der Waals surface area contributed by atoms with Gasteiger partial charge >= 0.3 is 0 Å². The molecular formula is C14H23ClN2. The standard InChI is InChI=1S/C14H23ClN2/c1-3-8-17(9-4-2)10-7-12-5-6-13(15)14(16)11-12/h5-6,11H,3-4,7-10,16H2,1-2H3. The van der Waals surface area contributed by atoms with Crippen LogP contribution in [0.2, 0.25) is 5.02 Å². The molecule has 0 spiro atoms. The van der Waals surface area contributed by atoms with Gasteiger partial charge in [-0.1, -0.05) is 31.5 Å². The quantitative estimate of drug-likeness (QED) is 0.754. The maximum Gasteiger partial charge on any atom is 0.0635 e. The molecule has 0 aliphatic heterocycles. The number of nitrogens with two attached hydrogens (primary N) is 1. The molecule has 0 amide bonds. The zero-order chi connectivity index (χ0) is 12.7. The van der Waals surface area contributed by atoms with Gasteiger partial charge in [0.25, 0.3) is 0 Å². The first-order chi connectivity index (χ1) is 8.17. The van der Waals surface area contributed by atoms with Crippen molar-refractivity contribution in [3.63, 3.8) is 0 Å². The van der Waals surface area contributed by atoms with Gasteiger partial charge < -0.3 is 10.6 Å². The third-order valence-corrected chi connectivity index (χ3v) is 3.20. The second kappa shape index (κ2) is 7.57. The van der Waals surface area contributed by atoms with Crippen LogP contribution in [0.25, 0.3) is 0 Å². The summed E-state index contributed by atoms with van der Waals surface area (Å²) < 4.78 is 0. The monoisotopic (exact) mass is 254 g/mol. The molecule has 0 atom stereocenters. The number of benzene rings is 1. The lowest BCUT2D eigenvalue weighted by Gasteiger charge is -2.20. The van der Waals surface area contributed by atoms with Crippen LogP contribution in [0.1, 0.15) is 32.3 Å². The van der Waals surface area contributed by atoms with Gasteiger partial charge in [-0.15, -0.1) is 0 Å². The van der Waals surface area contributed by atoms with E-state index in [0.717, 1.165) is 13.0 Å². The van der Waals surface area contributed by atoms with Gasteiger partial charge in [-0.2, -0.15) is 0 Å². The highest BCUT2D eigenvalue weighted by molar-refractivity contribution is 6.33. The summed E-state index contributed by atoms with van der Waals surface area (Å²) in [5.41, 5.74) is 7.75. The van der Waals surface area contributed by atoms with Crippen LogP contribution in [-0.2, 0) is 6.42 Å². The average molecular weight is 255 g/mol. The first kappa shape index (κ1) is 14.3. The van der Waals surface area contributed by atoms with Crippen LogP contribution in [0.5, 0.6) is 0 Å². The zero-order valence-electron chi connectivity index (χ0n) is 10.9. The van der Waals surface area contributed by atoms with Crippen molar-refractivity contribution in [2.45, 2.75) is 33.1 Å². The molecule has 2 nitrogen and oxygen atoms in total. The predicted molar refractivity (Wildman–Crippen MR) is 76.6 cm³/mol. The van der Waals surface area contributed by atoms with Gasteiger partial charge in [0.15, 0.2) is 0 Å². The smallest absolute Gasteiger partial charge is 0.0635 e. The molecule has 17 heavy (non-hydrogen) atoms. The number of nitrogen functional groups attached to an aromatic ring is 1. The Kier molecular flexibility index (Phi) is 6.38. The molecule has 0 aromatic heterocycles. The fourth-order valence-corrected chi connectivity index (χ4v) is 2.12. The highest BCUT2D eigenvalue weighted by Crippen LogP contribution is 2.19. The van der Waals surface area contributed by atoms with Crippen LogP contribution in [0.4, 0.5) is 5.69 Å². The second-order valence-electron chi connectivity index (χ2n) is 4.45. The highest BCUT2D eigenvalue weighted by atomic mass is 35.5. The fraction of sp³-hybridized carbons (Fsp3) is 0.571. The molecule has 1 aromatic carbocycles. The van der Waals surface area contributed by atoms with Gasteiger partial charge in [0.2, 0.25) is 0 Å². The van der Waals surface area contributed by atoms with Crippen molar-refractivity contribution in [1.82, 2.24) is 4.90 Å². The molecule has 0 heterocycles. The first-order valence-electron chi connectivity index (χ1n) is 6.43. The summed E-state index contributed by atoms with van der Waals surface area (Å²) in [5, 5.41) is 0.646. The molecule has 0 radical (unpaired) electrons. The Morgan fingerprint density at radius 2 is 1.76 bits per heavy atom. The first-order valence-corrected chi connectivity index (χ1v) is 6.81. The lowest BCUT2D eigenvalue weighted by atomic mass is 10.1. The van der Waals surface area contributed by atoms with E-state index < -0.39 is 0 Å². The van der Waals surface area contributed by atoms with Crippen LogP contribution in [-0.4, -0.2) is 24.5 Å². The molecule has 3 heteroatoms. The molecule has 0 unspecified atom stereocenters. The van der Waals surface area contributed by atoms with E-state index >= 15 is 0 Å². The van der Waals surface area contributed by atoms with Gasteiger partial charge in [0.05, 0.1) is 10.7 Å². The van der Waals surface area contributed by atoms with Gasteiger partial charge in [0.1, 0.15) is 0 Å². The Bertz CT molecular complexity index is 333. The second-order valence-corrected chi connectivity index (χ2v) is 4.85. The van der Waals surface area contributed by atoms with E-state index in [1.165, 1.54) is 31.5 Å². The number of nitrogens with zero attached hydrogens (tertiary/aromatic N) is 1. The fourth-order valence-electron chi connectivity index (χ4n) is 2.00. The number of hydrogen-bond donors (Lipinski definition) is 1. The van der Waals surface area contributed by atoms with Crippen molar-refractivity contribution < 1.29 is 0 Å². The minimum atomic E-state index is 0.646. The third-order valence-electron chi connectivity index (χ3n) is 2.86. The van der Waals surface area contributed by atoms with E-state index in [1.807, 2.05) is 12.1 Å². The summed E-state index contributed by atoms with van der Waals surface area (Å²) in [6, 6.07) is 5.93. The average Bonchev–Trinajstić information content (AvgIpc) is 2.31. The SMILES string of the molecule is CCCN(CCC)CCc1ccc(Cl)c(N)c1. The van der Waals surface area contributed by atoms with E-state index in [4.69, 9.17) is 17.3 Å². The lowest BCUT2D eigenvalue weighted by molar-refractivity contribution is 0.278. The summed E-state index contributed by atoms with van der Waals surface area (Å²) in [6.07, 6.45) is 3.47. The minimum Gasteiger partial charge on any atom is -0.398 e. The molecule has 1 rings (SSSR count). The normalized spacial score (nSPS) is 11.1. The third kappa shape index (κ3) is 4.97.